The molecule has 8 heteroatoms. The predicted molar refractivity (Wildman–Crippen MR) is 136 cm³/mol. The summed E-state index contributed by atoms with van der Waals surface area (Å²) in [6.45, 7) is 2.82. The number of hydrogen-bond acceptors (Lipinski definition) is 6. The first-order valence-electron chi connectivity index (χ1n) is 12.2. The van der Waals surface area contributed by atoms with Gasteiger partial charge in [0, 0.05) is 24.5 Å². The minimum absolute atomic E-state index is 0.000320. The fraction of sp³-hybridized carbons (Fsp3) is 0.276. The summed E-state index contributed by atoms with van der Waals surface area (Å²) in [5.41, 5.74) is 1.29. The molecule has 7 nitrogen and oxygen atoms in total. The number of Topliss-reactive ketones (excluding diaryl/α,β-unsaturated/α-hetero) is 1. The number of ketones is 1. The number of amides is 1. The summed E-state index contributed by atoms with van der Waals surface area (Å²) < 4.78 is 25.2. The zero-order valence-electron chi connectivity index (χ0n) is 20.8. The highest BCUT2D eigenvalue weighted by molar-refractivity contribution is 6.46. The number of carbonyl (C=O) groups is 2. The third kappa shape index (κ3) is 5.63. The normalized spacial score (nSPS) is 16.7. The molecular weight excluding hydrogens is 475 g/mol. The van der Waals surface area contributed by atoms with Gasteiger partial charge in [-0.15, -0.1) is 0 Å². The van der Waals surface area contributed by atoms with Gasteiger partial charge in [0.25, 0.3) is 11.7 Å². The number of nitrogens with zero attached hydrogens (tertiary/aromatic N) is 2. The number of aromatic nitrogens is 1. The number of carbonyl (C=O) groups excluding carboxylic acids is 2. The van der Waals surface area contributed by atoms with Crippen molar-refractivity contribution < 1.29 is 28.6 Å². The molecule has 4 rings (SSSR count). The molecule has 1 unspecified atom stereocenters. The molecule has 37 heavy (non-hydrogen) atoms. The minimum atomic E-state index is -0.889. The molecule has 1 fully saturated rings. The number of unbranched alkanes of at least 4 members (excludes halogenated alkanes) is 2. The molecule has 0 spiro atoms. The Morgan fingerprint density at radius 2 is 1.89 bits per heavy atom. The van der Waals surface area contributed by atoms with Crippen LogP contribution < -0.4 is 9.47 Å². The fourth-order valence-corrected chi connectivity index (χ4v) is 4.34. The van der Waals surface area contributed by atoms with Crippen molar-refractivity contribution in [1.29, 1.82) is 0 Å². The van der Waals surface area contributed by atoms with E-state index >= 15 is 0 Å². The molecule has 1 atom stereocenters. The molecule has 3 aromatic rings. The van der Waals surface area contributed by atoms with Crippen molar-refractivity contribution in [3.63, 3.8) is 0 Å². The number of ether oxygens (including phenoxy) is 2. The highest BCUT2D eigenvalue weighted by Crippen LogP contribution is 2.41. The zero-order valence-corrected chi connectivity index (χ0v) is 20.8. The van der Waals surface area contributed by atoms with Gasteiger partial charge in [0.05, 0.1) is 25.3 Å². The number of aliphatic hydroxyl groups excluding tert-OH is 1. The predicted octanol–water partition coefficient (Wildman–Crippen LogP) is 5.42. The van der Waals surface area contributed by atoms with E-state index in [2.05, 4.69) is 11.9 Å². The third-order valence-electron chi connectivity index (χ3n) is 6.25. The van der Waals surface area contributed by atoms with Crippen LogP contribution in [0.15, 0.2) is 72.6 Å². The summed E-state index contributed by atoms with van der Waals surface area (Å²) in [7, 11) is 1.33. The van der Waals surface area contributed by atoms with E-state index in [1.807, 2.05) is 0 Å². The first-order chi connectivity index (χ1) is 17.9. The van der Waals surface area contributed by atoms with Crippen LogP contribution in [0.25, 0.3) is 5.76 Å². The Bertz CT molecular complexity index is 1290. The monoisotopic (exact) mass is 504 g/mol. The van der Waals surface area contributed by atoms with Gasteiger partial charge in [0.15, 0.2) is 11.6 Å². The highest BCUT2D eigenvalue weighted by atomic mass is 19.1. The van der Waals surface area contributed by atoms with Gasteiger partial charge < -0.3 is 19.5 Å². The number of hydrogen-bond donors (Lipinski definition) is 1. The lowest BCUT2D eigenvalue weighted by Crippen LogP contribution is -2.29. The van der Waals surface area contributed by atoms with Gasteiger partial charge in [0.2, 0.25) is 0 Å². The van der Waals surface area contributed by atoms with Crippen LogP contribution >= 0.6 is 0 Å². The van der Waals surface area contributed by atoms with Gasteiger partial charge in [-0.3, -0.25) is 14.6 Å². The van der Waals surface area contributed by atoms with Crippen molar-refractivity contribution in [3.05, 3.63) is 95.1 Å². The maximum Gasteiger partial charge on any atom is 0.295 e. The summed E-state index contributed by atoms with van der Waals surface area (Å²) in [5.74, 6) is -2.09. The summed E-state index contributed by atoms with van der Waals surface area (Å²) in [6, 6.07) is 13.6. The van der Waals surface area contributed by atoms with E-state index in [1.165, 1.54) is 24.1 Å². The Balaban J connectivity index is 1.74. The number of halogens is 1. The van der Waals surface area contributed by atoms with E-state index in [1.54, 1.807) is 48.8 Å². The van der Waals surface area contributed by atoms with Gasteiger partial charge in [-0.05, 0) is 53.9 Å². The van der Waals surface area contributed by atoms with Crippen LogP contribution in [0.2, 0.25) is 0 Å². The van der Waals surface area contributed by atoms with Gasteiger partial charge in [-0.2, -0.15) is 0 Å². The van der Waals surface area contributed by atoms with Gasteiger partial charge >= 0.3 is 0 Å². The lowest BCUT2D eigenvalue weighted by molar-refractivity contribution is -0.140. The zero-order chi connectivity index (χ0) is 26.4. The Kier molecular flexibility index (Phi) is 8.18. The molecule has 1 N–H and O–H groups in total. The van der Waals surface area contributed by atoms with Crippen molar-refractivity contribution >= 4 is 17.4 Å². The largest absolute Gasteiger partial charge is 0.507 e. The Labute approximate surface area is 215 Å². The number of methoxy groups -OCH3 is 1. The van der Waals surface area contributed by atoms with Gasteiger partial charge in [0.1, 0.15) is 11.5 Å². The topological polar surface area (TPSA) is 89.0 Å². The van der Waals surface area contributed by atoms with E-state index < -0.39 is 29.3 Å². The molecule has 1 aliphatic heterocycles. The van der Waals surface area contributed by atoms with Crippen LogP contribution in [0.3, 0.4) is 0 Å². The first-order valence-corrected chi connectivity index (χ1v) is 12.2. The SMILES string of the molecule is CCCCCOc1ccc(C2C(=C(O)c3ccc(OC)c(F)c3)C(=O)C(=O)N2Cc2cccnc2)cc1. The summed E-state index contributed by atoms with van der Waals surface area (Å²) in [5, 5.41) is 11.2. The molecular formula is C29H29FN2O5. The second-order valence-corrected chi connectivity index (χ2v) is 8.76. The molecule has 1 aliphatic rings. The van der Waals surface area contributed by atoms with Crippen molar-refractivity contribution in [1.82, 2.24) is 9.88 Å². The van der Waals surface area contributed by atoms with Crippen LogP contribution in [0.4, 0.5) is 4.39 Å². The summed E-state index contributed by atoms with van der Waals surface area (Å²) in [4.78, 5) is 31.9. The highest BCUT2D eigenvalue weighted by Gasteiger charge is 2.46. The molecule has 1 saturated heterocycles. The van der Waals surface area contributed by atoms with Gasteiger partial charge in [-0.1, -0.05) is 38.0 Å². The smallest absolute Gasteiger partial charge is 0.295 e. The van der Waals surface area contributed by atoms with Crippen LogP contribution in [0, 0.1) is 5.82 Å². The lowest BCUT2D eigenvalue weighted by Gasteiger charge is -2.25. The number of aliphatic hydroxyl groups is 1. The quantitative estimate of drug-likeness (QED) is 0.172. The minimum Gasteiger partial charge on any atom is -0.507 e. The number of pyridine rings is 1. The van der Waals surface area contributed by atoms with Crippen molar-refractivity contribution in [2.75, 3.05) is 13.7 Å². The van der Waals surface area contributed by atoms with E-state index in [4.69, 9.17) is 9.47 Å². The average molecular weight is 505 g/mol. The van der Waals surface area contributed by atoms with Crippen molar-refractivity contribution in [3.8, 4) is 11.5 Å². The Morgan fingerprint density at radius 3 is 2.54 bits per heavy atom. The van der Waals surface area contributed by atoms with Crippen molar-refractivity contribution in [2.24, 2.45) is 0 Å². The standard InChI is InChI=1S/C29H29FN2O5/c1-3-4-5-15-37-22-11-8-20(9-12-22)26-25(27(33)21-10-13-24(36-2)23(30)16-21)28(34)29(35)32(26)18-19-7-6-14-31-17-19/h6-14,16-17,26,33H,3-5,15,18H2,1-2H3. The Hall–Kier alpha value is -4.20. The molecule has 0 bridgehead atoms. The maximum absolute atomic E-state index is 14.4. The second kappa shape index (κ2) is 11.7. The summed E-state index contributed by atoms with van der Waals surface area (Å²) in [6.07, 6.45) is 6.35. The molecule has 2 heterocycles. The number of benzene rings is 2. The van der Waals surface area contributed by atoms with Crippen LogP contribution in [0.5, 0.6) is 11.5 Å². The van der Waals surface area contributed by atoms with E-state index in [-0.39, 0.29) is 23.4 Å². The van der Waals surface area contributed by atoms with E-state index in [0.717, 1.165) is 30.9 Å². The second-order valence-electron chi connectivity index (χ2n) is 8.76. The molecule has 2 aromatic carbocycles. The van der Waals surface area contributed by atoms with Crippen LogP contribution in [-0.4, -0.2) is 40.4 Å². The number of likely N-dealkylation sites (tertiary alicyclic amines) is 1. The average Bonchev–Trinajstić information content (AvgIpc) is 3.16. The number of rotatable bonds is 10. The lowest BCUT2D eigenvalue weighted by atomic mass is 9.95. The first kappa shape index (κ1) is 25.9. The summed E-state index contributed by atoms with van der Waals surface area (Å²) >= 11 is 0. The van der Waals surface area contributed by atoms with E-state index in [9.17, 15) is 19.1 Å². The molecule has 0 radical (unpaired) electrons. The van der Waals surface area contributed by atoms with Crippen molar-refractivity contribution in [2.45, 2.75) is 38.8 Å². The molecule has 1 amide bonds. The molecule has 1 aromatic heterocycles. The third-order valence-corrected chi connectivity index (χ3v) is 6.25. The molecule has 192 valence electrons. The van der Waals surface area contributed by atoms with Crippen LogP contribution in [0.1, 0.15) is 48.9 Å². The van der Waals surface area contributed by atoms with E-state index in [0.29, 0.717) is 17.9 Å². The fourth-order valence-electron chi connectivity index (χ4n) is 4.34. The molecule has 0 saturated carbocycles. The molecule has 0 aliphatic carbocycles. The van der Waals surface area contributed by atoms with Gasteiger partial charge in [-0.25, -0.2) is 4.39 Å². The maximum atomic E-state index is 14.4. The van der Waals surface area contributed by atoms with Crippen LogP contribution in [-0.2, 0) is 16.1 Å². The Morgan fingerprint density at radius 1 is 1.11 bits per heavy atom.